The first kappa shape index (κ1) is 11.4. The van der Waals surface area contributed by atoms with E-state index in [1.54, 1.807) is 4.68 Å². The number of aliphatic hydroxyl groups is 1. The van der Waals surface area contributed by atoms with Crippen LogP contribution >= 0.6 is 12.4 Å². The standard InChI is InChI=1S/C7H13N3O.ClH/c1-5-3-7(6(8)4-11)9-10(5)2;/h3,6,11H,4,8H2,1-2H3;1H. The molecule has 0 aromatic carbocycles. The van der Waals surface area contributed by atoms with Gasteiger partial charge < -0.3 is 10.8 Å². The van der Waals surface area contributed by atoms with Gasteiger partial charge in [-0.2, -0.15) is 5.10 Å². The van der Waals surface area contributed by atoms with Gasteiger partial charge >= 0.3 is 0 Å². The number of hydrogen-bond donors (Lipinski definition) is 2. The van der Waals surface area contributed by atoms with Crippen molar-refractivity contribution < 1.29 is 5.11 Å². The van der Waals surface area contributed by atoms with E-state index in [-0.39, 0.29) is 25.1 Å². The van der Waals surface area contributed by atoms with E-state index in [4.69, 9.17) is 10.8 Å². The van der Waals surface area contributed by atoms with Crippen molar-refractivity contribution in [2.75, 3.05) is 6.61 Å². The molecule has 1 rings (SSSR count). The van der Waals surface area contributed by atoms with E-state index in [2.05, 4.69) is 5.10 Å². The maximum Gasteiger partial charge on any atom is 0.0817 e. The zero-order chi connectivity index (χ0) is 8.43. The van der Waals surface area contributed by atoms with Crippen molar-refractivity contribution in [1.82, 2.24) is 9.78 Å². The second-order valence-corrected chi connectivity index (χ2v) is 2.62. The minimum absolute atomic E-state index is 0. The molecule has 12 heavy (non-hydrogen) atoms. The Morgan fingerprint density at radius 1 is 1.75 bits per heavy atom. The van der Waals surface area contributed by atoms with Gasteiger partial charge in [-0.15, -0.1) is 12.4 Å². The molecule has 0 saturated carbocycles. The highest BCUT2D eigenvalue weighted by Gasteiger charge is 2.08. The summed E-state index contributed by atoms with van der Waals surface area (Å²) in [5.41, 5.74) is 7.34. The van der Waals surface area contributed by atoms with Crippen molar-refractivity contribution in [2.24, 2.45) is 12.8 Å². The molecule has 5 heteroatoms. The highest BCUT2D eigenvalue weighted by atomic mass is 35.5. The minimum atomic E-state index is -0.352. The van der Waals surface area contributed by atoms with E-state index in [0.717, 1.165) is 11.4 Å². The molecule has 0 fully saturated rings. The lowest BCUT2D eigenvalue weighted by molar-refractivity contribution is 0.265. The molecule has 70 valence electrons. The fourth-order valence-corrected chi connectivity index (χ4v) is 0.863. The van der Waals surface area contributed by atoms with Crippen LogP contribution in [0.1, 0.15) is 17.4 Å². The Bertz CT molecular complexity index is 229. The molecule has 0 bridgehead atoms. The average Bonchev–Trinajstić information content (AvgIpc) is 2.31. The topological polar surface area (TPSA) is 64.1 Å². The Balaban J connectivity index is 0.00000121. The minimum Gasteiger partial charge on any atom is -0.394 e. The summed E-state index contributed by atoms with van der Waals surface area (Å²) < 4.78 is 1.74. The third kappa shape index (κ3) is 2.20. The van der Waals surface area contributed by atoms with E-state index in [0.29, 0.717) is 0 Å². The smallest absolute Gasteiger partial charge is 0.0817 e. The van der Waals surface area contributed by atoms with Crippen LogP contribution in [-0.2, 0) is 7.05 Å². The molecule has 1 aromatic rings. The van der Waals surface area contributed by atoms with Crippen LogP contribution in [0.25, 0.3) is 0 Å². The summed E-state index contributed by atoms with van der Waals surface area (Å²) in [6, 6.07) is 1.52. The first-order chi connectivity index (χ1) is 5.15. The van der Waals surface area contributed by atoms with Crippen LogP contribution in [-0.4, -0.2) is 21.5 Å². The van der Waals surface area contributed by atoms with Crippen molar-refractivity contribution in [1.29, 1.82) is 0 Å². The molecule has 0 aliphatic rings. The molecule has 0 aliphatic carbocycles. The summed E-state index contributed by atoms with van der Waals surface area (Å²) in [5.74, 6) is 0. The number of aryl methyl sites for hydroxylation is 2. The lowest BCUT2D eigenvalue weighted by atomic mass is 10.2. The number of rotatable bonds is 2. The number of hydrogen-bond acceptors (Lipinski definition) is 3. The quantitative estimate of drug-likeness (QED) is 0.699. The van der Waals surface area contributed by atoms with Crippen LogP contribution < -0.4 is 5.73 Å². The van der Waals surface area contributed by atoms with Crippen LogP contribution in [0.2, 0.25) is 0 Å². The zero-order valence-corrected chi connectivity index (χ0v) is 8.01. The Morgan fingerprint density at radius 3 is 2.67 bits per heavy atom. The van der Waals surface area contributed by atoms with E-state index in [1.165, 1.54) is 0 Å². The molecule has 0 radical (unpaired) electrons. The van der Waals surface area contributed by atoms with Crippen molar-refractivity contribution in [3.05, 3.63) is 17.5 Å². The number of halogens is 1. The molecule has 0 amide bonds. The maximum absolute atomic E-state index is 8.71. The summed E-state index contributed by atoms with van der Waals surface area (Å²) in [5, 5.41) is 12.8. The van der Waals surface area contributed by atoms with Crippen molar-refractivity contribution in [2.45, 2.75) is 13.0 Å². The Morgan fingerprint density at radius 2 is 2.33 bits per heavy atom. The molecular formula is C7H14ClN3O. The average molecular weight is 192 g/mol. The molecule has 1 atom stereocenters. The Kier molecular flexibility index (Phi) is 4.23. The van der Waals surface area contributed by atoms with Crippen LogP contribution in [0.15, 0.2) is 6.07 Å². The molecule has 1 unspecified atom stereocenters. The van der Waals surface area contributed by atoms with Gasteiger partial charge in [0.25, 0.3) is 0 Å². The molecular weight excluding hydrogens is 178 g/mol. The summed E-state index contributed by atoms with van der Waals surface area (Å²) in [6.07, 6.45) is 0. The summed E-state index contributed by atoms with van der Waals surface area (Å²) in [6.45, 7) is 1.89. The normalized spacial score (nSPS) is 12.3. The van der Waals surface area contributed by atoms with Crippen LogP contribution in [0.5, 0.6) is 0 Å². The van der Waals surface area contributed by atoms with Gasteiger partial charge in [0.1, 0.15) is 0 Å². The van der Waals surface area contributed by atoms with Crippen molar-refractivity contribution >= 4 is 12.4 Å². The highest BCUT2D eigenvalue weighted by Crippen LogP contribution is 2.08. The zero-order valence-electron chi connectivity index (χ0n) is 7.19. The second-order valence-electron chi connectivity index (χ2n) is 2.62. The van der Waals surface area contributed by atoms with E-state index in [9.17, 15) is 0 Å². The van der Waals surface area contributed by atoms with Gasteiger partial charge in [0.15, 0.2) is 0 Å². The van der Waals surface area contributed by atoms with Gasteiger partial charge in [-0.3, -0.25) is 4.68 Å². The predicted molar refractivity (Wildman–Crippen MR) is 49.2 cm³/mol. The fraction of sp³-hybridized carbons (Fsp3) is 0.571. The first-order valence-electron chi connectivity index (χ1n) is 3.52. The van der Waals surface area contributed by atoms with Gasteiger partial charge in [0.2, 0.25) is 0 Å². The van der Waals surface area contributed by atoms with Crippen LogP contribution in [0.3, 0.4) is 0 Å². The third-order valence-corrected chi connectivity index (χ3v) is 1.71. The fourth-order valence-electron chi connectivity index (χ4n) is 0.863. The maximum atomic E-state index is 8.71. The Hall–Kier alpha value is -0.580. The first-order valence-corrected chi connectivity index (χ1v) is 3.52. The third-order valence-electron chi connectivity index (χ3n) is 1.71. The van der Waals surface area contributed by atoms with Crippen LogP contribution in [0.4, 0.5) is 0 Å². The molecule has 3 N–H and O–H groups in total. The number of nitrogens with two attached hydrogens (primary N) is 1. The van der Waals surface area contributed by atoms with Crippen LogP contribution in [0, 0.1) is 6.92 Å². The lowest BCUT2D eigenvalue weighted by Gasteiger charge is -2.01. The summed E-state index contributed by atoms with van der Waals surface area (Å²) in [4.78, 5) is 0. The second kappa shape index (κ2) is 4.45. The molecule has 4 nitrogen and oxygen atoms in total. The molecule has 1 aromatic heterocycles. The molecule has 0 spiro atoms. The van der Waals surface area contributed by atoms with E-state index < -0.39 is 0 Å². The predicted octanol–water partition coefficient (Wildman–Crippen LogP) is 0.142. The highest BCUT2D eigenvalue weighted by molar-refractivity contribution is 5.85. The monoisotopic (exact) mass is 191 g/mol. The van der Waals surface area contributed by atoms with Gasteiger partial charge in [-0.1, -0.05) is 0 Å². The van der Waals surface area contributed by atoms with Crippen molar-refractivity contribution in [3.63, 3.8) is 0 Å². The largest absolute Gasteiger partial charge is 0.394 e. The lowest BCUT2D eigenvalue weighted by Crippen LogP contribution is -2.15. The van der Waals surface area contributed by atoms with E-state index >= 15 is 0 Å². The van der Waals surface area contributed by atoms with E-state index in [1.807, 2.05) is 20.0 Å². The SMILES string of the molecule is Cc1cc(C(N)CO)nn1C.Cl. The van der Waals surface area contributed by atoms with Gasteiger partial charge in [-0.05, 0) is 13.0 Å². The summed E-state index contributed by atoms with van der Waals surface area (Å²) >= 11 is 0. The molecule has 1 heterocycles. The van der Waals surface area contributed by atoms with Crippen molar-refractivity contribution in [3.8, 4) is 0 Å². The number of aromatic nitrogens is 2. The Labute approximate surface area is 77.8 Å². The summed E-state index contributed by atoms with van der Waals surface area (Å²) in [7, 11) is 1.85. The van der Waals surface area contributed by atoms with Gasteiger partial charge in [0.05, 0.1) is 18.3 Å². The number of aliphatic hydroxyl groups excluding tert-OH is 1. The molecule has 0 aliphatic heterocycles. The number of nitrogens with zero attached hydrogens (tertiary/aromatic N) is 2. The van der Waals surface area contributed by atoms with Gasteiger partial charge in [-0.25, -0.2) is 0 Å². The molecule has 0 saturated heterocycles. The van der Waals surface area contributed by atoms with Gasteiger partial charge in [0, 0.05) is 12.7 Å².